The second kappa shape index (κ2) is 6.67. The van der Waals surface area contributed by atoms with Crippen LogP contribution in [-0.2, 0) is 19.5 Å². The Labute approximate surface area is 152 Å². The summed E-state index contributed by atoms with van der Waals surface area (Å²) in [7, 11) is 0. The zero-order chi connectivity index (χ0) is 18.1. The Morgan fingerprint density at radius 3 is 2.69 bits per heavy atom. The number of aryl methyl sites for hydroxylation is 1. The number of rotatable bonds is 3. The molecule has 0 unspecified atom stereocenters. The normalized spacial score (nSPS) is 13.5. The molecule has 0 bridgehead atoms. The Hall–Kier alpha value is -3.08. The molecule has 0 saturated carbocycles. The van der Waals surface area contributed by atoms with Crippen molar-refractivity contribution in [3.05, 3.63) is 82.7 Å². The lowest BCUT2D eigenvalue weighted by atomic mass is 10.1. The molecule has 2 aromatic carbocycles. The van der Waals surface area contributed by atoms with E-state index in [9.17, 15) is 9.90 Å². The highest BCUT2D eigenvalue weighted by Gasteiger charge is 2.24. The van der Waals surface area contributed by atoms with Crippen LogP contribution < -0.4 is 0 Å². The minimum Gasteiger partial charge on any atom is -0.508 e. The predicted octanol–water partition coefficient (Wildman–Crippen LogP) is 3.14. The molecule has 1 amide bonds. The van der Waals surface area contributed by atoms with Gasteiger partial charge in [0.05, 0.1) is 24.5 Å². The van der Waals surface area contributed by atoms with Crippen molar-refractivity contribution in [2.75, 3.05) is 6.54 Å². The van der Waals surface area contributed by atoms with Crippen LogP contribution in [0.15, 0.2) is 54.6 Å². The molecule has 26 heavy (non-hydrogen) atoms. The molecule has 2 heterocycles. The van der Waals surface area contributed by atoms with Gasteiger partial charge in [0, 0.05) is 18.5 Å². The van der Waals surface area contributed by atoms with Crippen LogP contribution in [0.4, 0.5) is 0 Å². The van der Waals surface area contributed by atoms with E-state index in [0.717, 1.165) is 23.4 Å². The number of nitrogens with zero attached hydrogens (tertiary/aromatic N) is 3. The van der Waals surface area contributed by atoms with E-state index in [1.54, 1.807) is 18.2 Å². The van der Waals surface area contributed by atoms with Crippen LogP contribution in [-0.4, -0.2) is 32.2 Å². The molecule has 5 nitrogen and oxygen atoms in total. The van der Waals surface area contributed by atoms with Gasteiger partial charge >= 0.3 is 0 Å². The lowest BCUT2D eigenvalue weighted by Gasteiger charge is -2.28. The zero-order valence-electron chi connectivity index (χ0n) is 14.7. The summed E-state index contributed by atoms with van der Waals surface area (Å²) in [6.07, 6.45) is 0.797. The highest BCUT2D eigenvalue weighted by molar-refractivity contribution is 5.95. The number of amides is 1. The highest BCUT2D eigenvalue weighted by atomic mass is 16.3. The van der Waals surface area contributed by atoms with Crippen LogP contribution in [0.1, 0.15) is 32.9 Å². The van der Waals surface area contributed by atoms with Crippen molar-refractivity contribution < 1.29 is 9.90 Å². The summed E-state index contributed by atoms with van der Waals surface area (Å²) < 4.78 is 2.01. The molecule has 0 radical (unpaired) electrons. The largest absolute Gasteiger partial charge is 0.508 e. The fourth-order valence-corrected chi connectivity index (χ4v) is 3.45. The molecule has 1 aliphatic rings. The number of hydrogen-bond donors (Lipinski definition) is 1. The molecule has 0 saturated heterocycles. The fraction of sp³-hybridized carbons (Fsp3) is 0.238. The summed E-state index contributed by atoms with van der Waals surface area (Å²) >= 11 is 0. The topological polar surface area (TPSA) is 58.4 Å². The predicted molar refractivity (Wildman–Crippen MR) is 99.1 cm³/mol. The molecular weight excluding hydrogens is 326 g/mol. The van der Waals surface area contributed by atoms with Gasteiger partial charge in [0.15, 0.2) is 0 Å². The summed E-state index contributed by atoms with van der Waals surface area (Å²) in [5.74, 6) is 0.181. The van der Waals surface area contributed by atoms with E-state index >= 15 is 0 Å². The second-order valence-electron chi connectivity index (χ2n) is 6.74. The first kappa shape index (κ1) is 16.4. The lowest BCUT2D eigenvalue weighted by Crippen LogP contribution is -2.38. The van der Waals surface area contributed by atoms with Crippen molar-refractivity contribution in [1.82, 2.24) is 14.7 Å². The maximum atomic E-state index is 12.9. The van der Waals surface area contributed by atoms with Crippen molar-refractivity contribution in [3.8, 4) is 5.75 Å². The number of carbonyl (C=O) groups excluding carboxylic acids is 1. The van der Waals surface area contributed by atoms with E-state index in [1.807, 2.05) is 34.7 Å². The van der Waals surface area contributed by atoms with Crippen molar-refractivity contribution in [3.63, 3.8) is 0 Å². The van der Waals surface area contributed by atoms with Gasteiger partial charge in [-0.1, -0.05) is 30.3 Å². The number of phenols is 1. The minimum absolute atomic E-state index is 0.000408. The van der Waals surface area contributed by atoms with Gasteiger partial charge in [0.2, 0.25) is 0 Å². The first-order valence-corrected chi connectivity index (χ1v) is 8.78. The monoisotopic (exact) mass is 347 g/mol. The van der Waals surface area contributed by atoms with E-state index in [0.29, 0.717) is 25.2 Å². The number of carbonyl (C=O) groups is 1. The Kier molecular flexibility index (Phi) is 4.21. The van der Waals surface area contributed by atoms with E-state index < -0.39 is 0 Å². The number of aromatic nitrogens is 2. The van der Waals surface area contributed by atoms with Crippen molar-refractivity contribution >= 4 is 5.91 Å². The Bertz CT molecular complexity index is 947. The van der Waals surface area contributed by atoms with E-state index in [1.165, 1.54) is 5.56 Å². The molecule has 0 spiro atoms. The molecule has 132 valence electrons. The van der Waals surface area contributed by atoms with Crippen LogP contribution in [0.25, 0.3) is 0 Å². The molecule has 3 aromatic rings. The summed E-state index contributed by atoms with van der Waals surface area (Å²) in [6.45, 7) is 3.74. The number of phenolic OH excluding ortho intramolecular Hbond substituents is 1. The van der Waals surface area contributed by atoms with Crippen molar-refractivity contribution in [1.29, 1.82) is 0 Å². The molecule has 1 N–H and O–H groups in total. The Morgan fingerprint density at radius 1 is 1.12 bits per heavy atom. The third kappa shape index (κ3) is 3.20. The molecule has 1 aliphatic heterocycles. The van der Waals surface area contributed by atoms with E-state index in [4.69, 9.17) is 0 Å². The molecular formula is C21H21N3O2. The van der Waals surface area contributed by atoms with Crippen molar-refractivity contribution in [2.24, 2.45) is 0 Å². The third-order valence-corrected chi connectivity index (χ3v) is 4.80. The maximum Gasteiger partial charge on any atom is 0.254 e. The van der Waals surface area contributed by atoms with Crippen LogP contribution in [0.2, 0.25) is 0 Å². The third-order valence-electron chi connectivity index (χ3n) is 4.80. The molecule has 0 aliphatic carbocycles. The van der Waals surface area contributed by atoms with Gasteiger partial charge in [-0.05, 0) is 42.3 Å². The van der Waals surface area contributed by atoms with Gasteiger partial charge in [0.1, 0.15) is 5.75 Å². The van der Waals surface area contributed by atoms with E-state index in [-0.39, 0.29) is 11.7 Å². The smallest absolute Gasteiger partial charge is 0.254 e. The number of benzene rings is 2. The van der Waals surface area contributed by atoms with Gasteiger partial charge in [0.25, 0.3) is 5.91 Å². The summed E-state index contributed by atoms with van der Waals surface area (Å²) in [5, 5.41) is 14.2. The van der Waals surface area contributed by atoms with Gasteiger partial charge in [-0.3, -0.25) is 9.48 Å². The average molecular weight is 347 g/mol. The number of aromatic hydroxyl groups is 1. The number of fused-ring (bicyclic) bond motifs is 1. The first-order valence-electron chi connectivity index (χ1n) is 8.78. The molecule has 0 atom stereocenters. The molecule has 1 aromatic heterocycles. The molecule has 4 rings (SSSR count). The standard InChI is InChI=1S/C21H21N3O2/c1-15-11-19(25)7-8-20(15)21(26)23-9-10-24-18(14-23)13-17(22-24)12-16-5-3-2-4-6-16/h2-8,11,13,25H,9-10,12,14H2,1H3. The van der Waals surface area contributed by atoms with Gasteiger partial charge < -0.3 is 10.0 Å². The minimum atomic E-state index is -0.000408. The average Bonchev–Trinajstić information content (AvgIpc) is 3.03. The summed E-state index contributed by atoms with van der Waals surface area (Å²) in [4.78, 5) is 14.7. The van der Waals surface area contributed by atoms with Crippen LogP contribution >= 0.6 is 0 Å². The number of hydrogen-bond acceptors (Lipinski definition) is 3. The van der Waals surface area contributed by atoms with E-state index in [2.05, 4.69) is 23.3 Å². The van der Waals surface area contributed by atoms with Crippen molar-refractivity contribution in [2.45, 2.75) is 26.4 Å². The van der Waals surface area contributed by atoms with Crippen LogP contribution in [0, 0.1) is 6.92 Å². The van der Waals surface area contributed by atoms with Crippen LogP contribution in [0.3, 0.4) is 0 Å². The van der Waals surface area contributed by atoms with Gasteiger partial charge in [-0.15, -0.1) is 0 Å². The van der Waals surface area contributed by atoms with Gasteiger partial charge in [-0.25, -0.2) is 0 Å². The quantitative estimate of drug-likeness (QED) is 0.792. The Morgan fingerprint density at radius 2 is 1.92 bits per heavy atom. The SMILES string of the molecule is Cc1cc(O)ccc1C(=O)N1CCn2nc(Cc3ccccc3)cc2C1. The first-order chi connectivity index (χ1) is 12.6. The van der Waals surface area contributed by atoms with Crippen LogP contribution in [0.5, 0.6) is 5.75 Å². The van der Waals surface area contributed by atoms with Gasteiger partial charge in [-0.2, -0.15) is 5.10 Å². The fourth-order valence-electron chi connectivity index (χ4n) is 3.45. The lowest BCUT2D eigenvalue weighted by molar-refractivity contribution is 0.0705. The molecule has 0 fully saturated rings. The highest BCUT2D eigenvalue weighted by Crippen LogP contribution is 2.21. The zero-order valence-corrected chi connectivity index (χ0v) is 14.7. The molecule has 5 heteroatoms. The Balaban J connectivity index is 1.51. The summed E-state index contributed by atoms with van der Waals surface area (Å²) in [5.41, 5.74) is 4.75. The maximum absolute atomic E-state index is 12.9. The second-order valence-corrected chi connectivity index (χ2v) is 6.74. The summed E-state index contributed by atoms with van der Waals surface area (Å²) in [6, 6.07) is 17.2.